The van der Waals surface area contributed by atoms with Crippen molar-refractivity contribution in [1.82, 2.24) is 9.97 Å². The van der Waals surface area contributed by atoms with Crippen LogP contribution in [0, 0.1) is 13.8 Å². The molecule has 174 valence electrons. The Morgan fingerprint density at radius 2 is 1.85 bits per heavy atom. The van der Waals surface area contributed by atoms with Crippen LogP contribution in [0.3, 0.4) is 0 Å². The minimum atomic E-state index is -0.608. The number of hydrogen-bond acceptors (Lipinski definition) is 9. The first-order chi connectivity index (χ1) is 15.8. The standard InChI is InChI=1S/C23H25N3O6S/c1-5-30-23(29)26-16-6-7-18-15(10-21(28)32-19(18)11-16)12-31-20(27)9-8-17-13(2)24-22(33-4)25-14(17)3/h6-7,10-11H,5,8-9,12H2,1-4H3,(H,26,29). The van der Waals surface area contributed by atoms with Crippen LogP contribution in [0.15, 0.2) is 38.6 Å². The van der Waals surface area contributed by atoms with E-state index in [0.29, 0.717) is 28.2 Å². The molecular weight excluding hydrogens is 446 g/mol. The van der Waals surface area contributed by atoms with Gasteiger partial charge in [0.15, 0.2) is 5.16 Å². The molecule has 1 amide bonds. The average molecular weight is 472 g/mol. The second-order valence-corrected chi connectivity index (χ2v) is 7.94. The van der Waals surface area contributed by atoms with E-state index >= 15 is 0 Å². The lowest BCUT2D eigenvalue weighted by atomic mass is 10.1. The summed E-state index contributed by atoms with van der Waals surface area (Å²) >= 11 is 1.47. The first-order valence-electron chi connectivity index (χ1n) is 10.3. The topological polar surface area (TPSA) is 121 Å². The fourth-order valence-corrected chi connectivity index (χ4v) is 3.79. The van der Waals surface area contributed by atoms with Crippen LogP contribution < -0.4 is 10.9 Å². The highest BCUT2D eigenvalue weighted by molar-refractivity contribution is 7.98. The van der Waals surface area contributed by atoms with Gasteiger partial charge in [0, 0.05) is 46.6 Å². The van der Waals surface area contributed by atoms with Crippen molar-refractivity contribution in [2.24, 2.45) is 0 Å². The molecule has 1 N–H and O–H groups in total. The molecule has 3 aromatic rings. The molecule has 9 nitrogen and oxygen atoms in total. The number of hydrogen-bond donors (Lipinski definition) is 1. The van der Waals surface area contributed by atoms with Gasteiger partial charge in [-0.05, 0) is 51.1 Å². The number of nitrogens with zero attached hydrogens (tertiary/aromatic N) is 2. The molecule has 0 saturated heterocycles. The number of carbonyl (C=O) groups excluding carboxylic acids is 2. The second kappa shape index (κ2) is 11.0. The maximum atomic E-state index is 12.4. The van der Waals surface area contributed by atoms with Crippen LogP contribution in [0.5, 0.6) is 0 Å². The number of aromatic nitrogens is 2. The zero-order valence-electron chi connectivity index (χ0n) is 18.9. The molecule has 0 aliphatic heterocycles. The molecule has 0 aliphatic carbocycles. The lowest BCUT2D eigenvalue weighted by molar-refractivity contribution is -0.144. The van der Waals surface area contributed by atoms with Gasteiger partial charge in [-0.2, -0.15) is 0 Å². The first kappa shape index (κ1) is 24.2. The lowest BCUT2D eigenvalue weighted by Gasteiger charge is -2.11. The van der Waals surface area contributed by atoms with Crippen molar-refractivity contribution in [2.45, 2.75) is 45.4 Å². The number of esters is 1. The van der Waals surface area contributed by atoms with E-state index in [0.717, 1.165) is 17.0 Å². The van der Waals surface area contributed by atoms with Gasteiger partial charge in [-0.25, -0.2) is 19.6 Å². The van der Waals surface area contributed by atoms with E-state index < -0.39 is 17.7 Å². The number of rotatable bonds is 8. The van der Waals surface area contributed by atoms with Gasteiger partial charge in [0.2, 0.25) is 0 Å². The van der Waals surface area contributed by atoms with Gasteiger partial charge in [0.05, 0.1) is 6.61 Å². The number of aryl methyl sites for hydroxylation is 2. The molecular formula is C23H25N3O6S. The molecule has 3 rings (SSSR count). The predicted octanol–water partition coefficient (Wildman–Crippen LogP) is 4.17. The minimum absolute atomic E-state index is 0.0779. The molecule has 2 aromatic heterocycles. The summed E-state index contributed by atoms with van der Waals surface area (Å²) in [6.45, 7) is 5.65. The number of carbonyl (C=O) groups is 2. The van der Waals surface area contributed by atoms with Crippen molar-refractivity contribution in [3.63, 3.8) is 0 Å². The zero-order valence-corrected chi connectivity index (χ0v) is 19.7. The smallest absolute Gasteiger partial charge is 0.411 e. The Morgan fingerprint density at radius 1 is 1.12 bits per heavy atom. The molecule has 0 bridgehead atoms. The van der Waals surface area contributed by atoms with E-state index in [1.807, 2.05) is 20.1 Å². The molecule has 0 atom stereocenters. The van der Waals surface area contributed by atoms with Gasteiger partial charge in [-0.1, -0.05) is 11.8 Å². The van der Waals surface area contributed by atoms with E-state index in [-0.39, 0.29) is 25.2 Å². The van der Waals surface area contributed by atoms with E-state index in [2.05, 4.69) is 15.3 Å². The van der Waals surface area contributed by atoms with Crippen molar-refractivity contribution >= 4 is 40.5 Å². The number of thioether (sulfide) groups is 1. The van der Waals surface area contributed by atoms with Crippen molar-refractivity contribution in [3.05, 3.63) is 57.2 Å². The summed E-state index contributed by atoms with van der Waals surface area (Å²) < 4.78 is 15.5. The molecule has 0 spiro atoms. The van der Waals surface area contributed by atoms with Crippen molar-refractivity contribution < 1.29 is 23.5 Å². The summed E-state index contributed by atoms with van der Waals surface area (Å²) in [5, 5.41) is 3.85. The van der Waals surface area contributed by atoms with Gasteiger partial charge in [-0.15, -0.1) is 0 Å². The molecule has 0 unspecified atom stereocenters. The average Bonchev–Trinajstić information content (AvgIpc) is 2.76. The number of anilines is 1. The van der Waals surface area contributed by atoms with Crippen LogP contribution in [0.4, 0.5) is 10.5 Å². The fraction of sp³-hybridized carbons (Fsp3) is 0.348. The third-order valence-electron chi connectivity index (χ3n) is 4.90. The number of ether oxygens (including phenoxy) is 2. The number of amides is 1. The fourth-order valence-electron chi connectivity index (χ4n) is 3.33. The van der Waals surface area contributed by atoms with Gasteiger partial charge in [0.1, 0.15) is 12.2 Å². The highest BCUT2D eigenvalue weighted by Gasteiger charge is 2.13. The Morgan fingerprint density at radius 3 is 2.52 bits per heavy atom. The monoisotopic (exact) mass is 471 g/mol. The molecule has 0 fully saturated rings. The first-order valence-corrected chi connectivity index (χ1v) is 11.6. The summed E-state index contributed by atoms with van der Waals surface area (Å²) in [6, 6.07) is 6.13. The predicted molar refractivity (Wildman–Crippen MR) is 125 cm³/mol. The zero-order chi connectivity index (χ0) is 24.0. The Kier molecular flexibility index (Phi) is 8.05. The highest BCUT2D eigenvalue weighted by atomic mass is 32.2. The summed E-state index contributed by atoms with van der Waals surface area (Å²) in [5.41, 5.74) is 3.23. The van der Waals surface area contributed by atoms with Crippen LogP contribution in [0.2, 0.25) is 0 Å². The second-order valence-electron chi connectivity index (χ2n) is 7.17. The summed E-state index contributed by atoms with van der Waals surface area (Å²) in [4.78, 5) is 44.8. The third kappa shape index (κ3) is 6.32. The van der Waals surface area contributed by atoms with E-state index in [1.54, 1.807) is 19.1 Å². The number of benzene rings is 1. The van der Waals surface area contributed by atoms with Crippen molar-refractivity contribution in [3.8, 4) is 0 Å². The molecule has 0 saturated carbocycles. The maximum absolute atomic E-state index is 12.4. The molecule has 33 heavy (non-hydrogen) atoms. The van der Waals surface area contributed by atoms with Gasteiger partial charge in [0.25, 0.3) is 0 Å². The van der Waals surface area contributed by atoms with Gasteiger partial charge in [-0.3, -0.25) is 10.1 Å². The minimum Gasteiger partial charge on any atom is -0.461 e. The molecule has 10 heteroatoms. The van der Waals surface area contributed by atoms with Crippen LogP contribution >= 0.6 is 11.8 Å². The number of fused-ring (bicyclic) bond motifs is 1. The SMILES string of the molecule is CCOC(=O)Nc1ccc2c(COC(=O)CCc3c(C)nc(SC)nc3C)cc(=O)oc2c1. The Bertz CT molecular complexity index is 1220. The van der Waals surface area contributed by atoms with E-state index in [4.69, 9.17) is 13.9 Å². The van der Waals surface area contributed by atoms with E-state index in [9.17, 15) is 14.4 Å². The summed E-state index contributed by atoms with van der Waals surface area (Å²) in [7, 11) is 0. The van der Waals surface area contributed by atoms with Crippen molar-refractivity contribution in [1.29, 1.82) is 0 Å². The molecule has 2 heterocycles. The van der Waals surface area contributed by atoms with E-state index in [1.165, 1.54) is 23.9 Å². The third-order valence-corrected chi connectivity index (χ3v) is 5.45. The summed E-state index contributed by atoms with van der Waals surface area (Å²) in [5.74, 6) is -0.398. The summed E-state index contributed by atoms with van der Waals surface area (Å²) in [6.07, 6.45) is 1.93. The molecule has 0 radical (unpaired) electrons. The van der Waals surface area contributed by atoms with Crippen LogP contribution in [-0.4, -0.2) is 34.9 Å². The maximum Gasteiger partial charge on any atom is 0.411 e. The van der Waals surface area contributed by atoms with Gasteiger partial charge < -0.3 is 13.9 Å². The highest BCUT2D eigenvalue weighted by Crippen LogP contribution is 2.23. The quantitative estimate of drug-likeness (QED) is 0.223. The largest absolute Gasteiger partial charge is 0.461 e. The van der Waals surface area contributed by atoms with Crippen LogP contribution in [0.25, 0.3) is 11.0 Å². The molecule has 0 aliphatic rings. The Labute approximate surface area is 194 Å². The molecule has 1 aromatic carbocycles. The van der Waals surface area contributed by atoms with Crippen molar-refractivity contribution in [2.75, 3.05) is 18.2 Å². The van der Waals surface area contributed by atoms with Gasteiger partial charge >= 0.3 is 17.7 Å². The number of nitrogens with one attached hydrogen (secondary N) is 1. The van der Waals surface area contributed by atoms with Crippen LogP contribution in [-0.2, 0) is 27.3 Å². The van der Waals surface area contributed by atoms with Crippen LogP contribution in [0.1, 0.15) is 35.9 Å². The lowest BCUT2D eigenvalue weighted by Crippen LogP contribution is -2.13. The normalized spacial score (nSPS) is 10.8. The Hall–Kier alpha value is -3.40. The Balaban J connectivity index is 1.67.